The molecule has 2 N–H and O–H groups in total. The second-order valence-corrected chi connectivity index (χ2v) is 6.59. The number of nitrogens with one attached hydrogen (secondary N) is 2. The summed E-state index contributed by atoms with van der Waals surface area (Å²) in [5.41, 5.74) is 3.57. The Morgan fingerprint density at radius 3 is 2.80 bits per heavy atom. The Morgan fingerprint density at radius 2 is 2.12 bits per heavy atom. The smallest absolute Gasteiger partial charge is 0.224 e. The van der Waals surface area contributed by atoms with Crippen molar-refractivity contribution < 1.29 is 9.53 Å². The molecule has 0 aliphatic heterocycles. The monoisotopic (exact) mass is 356 g/mol. The van der Waals surface area contributed by atoms with E-state index < -0.39 is 0 Å². The molecule has 130 valence electrons. The van der Waals surface area contributed by atoms with Gasteiger partial charge in [-0.15, -0.1) is 11.3 Å². The van der Waals surface area contributed by atoms with Crippen molar-refractivity contribution in [2.45, 2.75) is 19.8 Å². The molecule has 0 spiro atoms. The lowest BCUT2D eigenvalue weighted by atomic mass is 10.0. The number of carbonyl (C=O) groups excluding carboxylic acids is 1. The van der Waals surface area contributed by atoms with E-state index in [0.29, 0.717) is 13.0 Å². The van der Waals surface area contributed by atoms with Gasteiger partial charge in [-0.2, -0.15) is 5.10 Å². The number of hydrogen-bond acceptors (Lipinski definition) is 5. The molecule has 1 aromatic carbocycles. The van der Waals surface area contributed by atoms with Crippen molar-refractivity contribution in [3.8, 4) is 17.0 Å². The van der Waals surface area contributed by atoms with Gasteiger partial charge in [0, 0.05) is 41.4 Å². The number of nitrogens with zero attached hydrogens (tertiary/aromatic N) is 2. The number of thiazole rings is 1. The third kappa shape index (κ3) is 4.24. The molecule has 0 aliphatic carbocycles. The number of rotatable bonds is 7. The minimum absolute atomic E-state index is 0.0178. The minimum Gasteiger partial charge on any atom is -0.497 e. The summed E-state index contributed by atoms with van der Waals surface area (Å²) in [7, 11) is 1.63. The molecule has 25 heavy (non-hydrogen) atoms. The fourth-order valence-corrected chi connectivity index (χ4v) is 3.19. The number of benzene rings is 1. The first-order valence-corrected chi connectivity index (χ1v) is 8.88. The van der Waals surface area contributed by atoms with Gasteiger partial charge in [0.2, 0.25) is 5.91 Å². The SMILES string of the molecule is COc1ccc(-c2n[nH]c(C)c2CC(=O)NCCc2nccs2)cc1. The van der Waals surface area contributed by atoms with Crippen molar-refractivity contribution in [1.82, 2.24) is 20.5 Å². The highest BCUT2D eigenvalue weighted by molar-refractivity contribution is 7.09. The summed E-state index contributed by atoms with van der Waals surface area (Å²) in [4.78, 5) is 16.5. The summed E-state index contributed by atoms with van der Waals surface area (Å²) in [6.45, 7) is 2.51. The Balaban J connectivity index is 1.65. The summed E-state index contributed by atoms with van der Waals surface area (Å²) in [6, 6.07) is 7.66. The molecule has 0 unspecified atom stereocenters. The standard InChI is InChI=1S/C18H20N4O2S/c1-12-15(11-16(23)19-8-7-17-20-9-10-25-17)18(22-21-12)13-3-5-14(24-2)6-4-13/h3-6,9-10H,7-8,11H2,1-2H3,(H,19,23)(H,21,22). The maximum absolute atomic E-state index is 12.3. The second kappa shape index (κ2) is 7.94. The molecule has 6 nitrogen and oxygen atoms in total. The molecule has 3 rings (SSSR count). The largest absolute Gasteiger partial charge is 0.497 e. The molecule has 0 saturated carbocycles. The Morgan fingerprint density at radius 1 is 1.32 bits per heavy atom. The third-order valence-electron chi connectivity index (χ3n) is 3.92. The van der Waals surface area contributed by atoms with Crippen LogP contribution in [0.3, 0.4) is 0 Å². The van der Waals surface area contributed by atoms with E-state index in [1.807, 2.05) is 36.6 Å². The molecule has 0 radical (unpaired) electrons. The zero-order valence-electron chi connectivity index (χ0n) is 14.2. The first-order chi connectivity index (χ1) is 12.2. The lowest BCUT2D eigenvalue weighted by molar-refractivity contribution is -0.120. The fourth-order valence-electron chi connectivity index (χ4n) is 2.56. The zero-order chi connectivity index (χ0) is 17.6. The highest BCUT2D eigenvalue weighted by Gasteiger charge is 2.15. The van der Waals surface area contributed by atoms with Crippen molar-refractivity contribution >= 4 is 17.2 Å². The molecule has 0 saturated heterocycles. The third-order valence-corrected chi connectivity index (χ3v) is 4.76. The summed E-state index contributed by atoms with van der Waals surface area (Å²) < 4.78 is 5.18. The summed E-state index contributed by atoms with van der Waals surface area (Å²) in [5, 5.41) is 13.3. The van der Waals surface area contributed by atoms with Crippen LogP contribution in [0, 0.1) is 6.92 Å². The van der Waals surface area contributed by atoms with Gasteiger partial charge < -0.3 is 10.1 Å². The lowest BCUT2D eigenvalue weighted by Crippen LogP contribution is -2.27. The van der Waals surface area contributed by atoms with Gasteiger partial charge in [-0.3, -0.25) is 9.89 Å². The Hall–Kier alpha value is -2.67. The van der Waals surface area contributed by atoms with Crippen LogP contribution in [0.2, 0.25) is 0 Å². The molecule has 0 aliphatic rings. The molecule has 2 aromatic heterocycles. The van der Waals surface area contributed by atoms with Crippen LogP contribution >= 0.6 is 11.3 Å². The van der Waals surface area contributed by atoms with Crippen LogP contribution < -0.4 is 10.1 Å². The van der Waals surface area contributed by atoms with Crippen LogP contribution in [0.25, 0.3) is 11.3 Å². The lowest BCUT2D eigenvalue weighted by Gasteiger charge is -2.07. The van der Waals surface area contributed by atoms with Crippen LogP contribution in [0.15, 0.2) is 35.8 Å². The van der Waals surface area contributed by atoms with Crippen molar-refractivity contribution in [2.24, 2.45) is 0 Å². The second-order valence-electron chi connectivity index (χ2n) is 5.61. The van der Waals surface area contributed by atoms with E-state index in [9.17, 15) is 4.79 Å². The number of methoxy groups -OCH3 is 1. The van der Waals surface area contributed by atoms with E-state index in [1.165, 1.54) is 0 Å². The molecule has 3 aromatic rings. The van der Waals surface area contributed by atoms with E-state index in [0.717, 1.165) is 39.7 Å². The first kappa shape index (κ1) is 17.2. The average molecular weight is 356 g/mol. The van der Waals surface area contributed by atoms with E-state index in [4.69, 9.17) is 4.74 Å². The number of aromatic amines is 1. The van der Waals surface area contributed by atoms with Gasteiger partial charge in [0.25, 0.3) is 0 Å². The average Bonchev–Trinajstić information content (AvgIpc) is 3.26. The normalized spacial score (nSPS) is 10.6. The van der Waals surface area contributed by atoms with Crippen molar-refractivity contribution in [2.75, 3.05) is 13.7 Å². The Labute approximate surface area is 150 Å². The number of aromatic nitrogens is 3. The van der Waals surface area contributed by atoms with E-state index in [1.54, 1.807) is 24.6 Å². The van der Waals surface area contributed by atoms with Crippen molar-refractivity contribution in [1.29, 1.82) is 0 Å². The van der Waals surface area contributed by atoms with Crippen LogP contribution in [0.4, 0.5) is 0 Å². The van der Waals surface area contributed by atoms with Crippen LogP contribution in [0.5, 0.6) is 5.75 Å². The number of aryl methyl sites for hydroxylation is 1. The van der Waals surface area contributed by atoms with Crippen LogP contribution in [-0.2, 0) is 17.6 Å². The quantitative estimate of drug-likeness (QED) is 0.682. The minimum atomic E-state index is -0.0178. The summed E-state index contributed by atoms with van der Waals surface area (Å²) >= 11 is 1.60. The van der Waals surface area contributed by atoms with Crippen LogP contribution in [0.1, 0.15) is 16.3 Å². The molecule has 7 heteroatoms. The van der Waals surface area contributed by atoms with Gasteiger partial charge in [-0.1, -0.05) is 0 Å². The maximum Gasteiger partial charge on any atom is 0.224 e. The number of amides is 1. The number of H-pyrrole nitrogens is 1. The molecule has 0 atom stereocenters. The summed E-state index contributed by atoms with van der Waals surface area (Å²) in [6.07, 6.45) is 2.82. The van der Waals surface area contributed by atoms with Gasteiger partial charge in [-0.05, 0) is 31.2 Å². The number of ether oxygens (including phenoxy) is 1. The zero-order valence-corrected chi connectivity index (χ0v) is 15.0. The van der Waals surface area contributed by atoms with Gasteiger partial charge in [0.15, 0.2) is 0 Å². The topological polar surface area (TPSA) is 79.9 Å². The fraction of sp³-hybridized carbons (Fsp3) is 0.278. The predicted molar refractivity (Wildman–Crippen MR) is 97.8 cm³/mol. The Kier molecular flexibility index (Phi) is 5.45. The van der Waals surface area contributed by atoms with Gasteiger partial charge in [0.05, 0.1) is 24.2 Å². The molecular weight excluding hydrogens is 336 g/mol. The van der Waals surface area contributed by atoms with Gasteiger partial charge >= 0.3 is 0 Å². The molecule has 1 amide bonds. The predicted octanol–water partition coefficient (Wildman–Crippen LogP) is 2.75. The summed E-state index contributed by atoms with van der Waals surface area (Å²) in [5.74, 6) is 0.772. The maximum atomic E-state index is 12.3. The van der Waals surface area contributed by atoms with Gasteiger partial charge in [-0.25, -0.2) is 4.98 Å². The van der Waals surface area contributed by atoms with Gasteiger partial charge in [0.1, 0.15) is 5.75 Å². The highest BCUT2D eigenvalue weighted by atomic mass is 32.1. The molecule has 2 heterocycles. The van der Waals surface area contributed by atoms with E-state index >= 15 is 0 Å². The Bertz CT molecular complexity index is 825. The van der Waals surface area contributed by atoms with Crippen molar-refractivity contribution in [3.05, 3.63) is 52.1 Å². The number of carbonyl (C=O) groups is 1. The molecule has 0 fully saturated rings. The number of hydrogen-bond donors (Lipinski definition) is 2. The van der Waals surface area contributed by atoms with Crippen molar-refractivity contribution in [3.63, 3.8) is 0 Å². The first-order valence-electron chi connectivity index (χ1n) is 8.00. The van der Waals surface area contributed by atoms with E-state index in [2.05, 4.69) is 20.5 Å². The molecular formula is C18H20N4O2S. The van der Waals surface area contributed by atoms with E-state index in [-0.39, 0.29) is 5.91 Å². The molecule has 0 bridgehead atoms. The highest BCUT2D eigenvalue weighted by Crippen LogP contribution is 2.26. The van der Waals surface area contributed by atoms with Crippen LogP contribution in [-0.4, -0.2) is 34.7 Å².